The zero-order valence-electron chi connectivity index (χ0n) is 25.9. The average Bonchev–Trinajstić information content (AvgIpc) is 2.95. The Morgan fingerprint density at radius 2 is 0.902 bits per heavy atom. The van der Waals surface area contributed by atoms with E-state index in [0.717, 1.165) is 38.5 Å². The molecule has 0 aromatic rings. The van der Waals surface area contributed by atoms with E-state index in [1.54, 1.807) is 0 Å². The van der Waals surface area contributed by atoms with Crippen LogP contribution in [0.15, 0.2) is 0 Å². The van der Waals surface area contributed by atoms with E-state index < -0.39 is 48.7 Å². The van der Waals surface area contributed by atoms with Gasteiger partial charge in [-0.2, -0.15) is 0 Å². The molecule has 248 valence electrons. The van der Waals surface area contributed by atoms with Gasteiger partial charge in [0.1, 0.15) is 0 Å². The summed E-state index contributed by atoms with van der Waals surface area (Å²) in [4.78, 5) is 48.3. The normalized spacial score (nSPS) is 13.1. The maximum atomic E-state index is 10.3. The van der Waals surface area contributed by atoms with Crippen molar-refractivity contribution in [3.63, 3.8) is 0 Å². The van der Waals surface area contributed by atoms with E-state index >= 15 is 0 Å². The number of aliphatic hydroxyl groups is 1. The second-order valence-corrected chi connectivity index (χ2v) is 12.6. The maximum Gasteiger partial charge on any atom is 0.327 e. The van der Waals surface area contributed by atoms with Gasteiger partial charge in [0, 0.05) is 6.61 Å². The molecule has 0 spiro atoms. The summed E-state index contributed by atoms with van der Waals surface area (Å²) < 4.78 is 15.9. The van der Waals surface area contributed by atoms with Gasteiger partial charge in [0.15, 0.2) is 0 Å². The Morgan fingerprint density at radius 1 is 0.537 bits per heavy atom. The summed E-state index contributed by atoms with van der Waals surface area (Å²) in [5.74, 6) is 0. The fourth-order valence-corrected chi connectivity index (χ4v) is 5.31. The van der Waals surface area contributed by atoms with E-state index in [4.69, 9.17) is 23.6 Å². The van der Waals surface area contributed by atoms with Crippen LogP contribution < -0.4 is 0 Å². The number of hydrogen-bond acceptors (Lipinski definition) is 10. The molecular formula is C29H62O10P2. The first-order valence-corrected chi connectivity index (χ1v) is 18.4. The number of unbranched alkanes of at least 4 members (excludes halogenated alkanes) is 18. The predicted octanol–water partition coefficient (Wildman–Crippen LogP) is 7.55. The molecule has 0 rings (SSSR count). The van der Waals surface area contributed by atoms with Crippen LogP contribution in [0.25, 0.3) is 0 Å². The van der Waals surface area contributed by atoms with Crippen molar-refractivity contribution in [2.45, 2.75) is 149 Å². The molecule has 1 unspecified atom stereocenters. The van der Waals surface area contributed by atoms with Gasteiger partial charge in [0.05, 0.1) is 31.8 Å². The summed E-state index contributed by atoms with van der Waals surface area (Å²) in [6, 6.07) is 0. The molecule has 0 aliphatic heterocycles. The van der Waals surface area contributed by atoms with Gasteiger partial charge in [-0.1, -0.05) is 129 Å². The van der Waals surface area contributed by atoms with Crippen LogP contribution in [-0.4, -0.2) is 64.0 Å². The van der Waals surface area contributed by atoms with E-state index in [1.165, 1.54) is 89.9 Å². The van der Waals surface area contributed by atoms with Crippen molar-refractivity contribution < 1.29 is 48.2 Å². The molecule has 0 aliphatic rings. The van der Waals surface area contributed by atoms with Gasteiger partial charge < -0.3 is 38.5 Å². The van der Waals surface area contributed by atoms with E-state index in [2.05, 4.69) is 13.8 Å². The smallest absolute Gasteiger partial charge is 0.327 e. The van der Waals surface area contributed by atoms with Crippen LogP contribution in [0.3, 0.4) is 0 Å². The molecule has 0 bridgehead atoms. The Balaban J connectivity index is 4.65. The van der Waals surface area contributed by atoms with Crippen molar-refractivity contribution in [3.05, 3.63) is 0 Å². The second-order valence-electron chi connectivity index (χ2n) is 11.1. The Hall–Kier alpha value is 0.460. The Bertz CT molecular complexity index is 520. The van der Waals surface area contributed by atoms with Crippen LogP contribution in [0.5, 0.6) is 0 Å². The molecule has 1 atom stereocenters. The van der Waals surface area contributed by atoms with Gasteiger partial charge in [0.25, 0.3) is 0 Å². The van der Waals surface area contributed by atoms with Gasteiger partial charge in [-0.3, -0.25) is 0 Å². The van der Waals surface area contributed by atoms with E-state index in [0.29, 0.717) is 13.2 Å². The van der Waals surface area contributed by atoms with Crippen molar-refractivity contribution in [2.24, 2.45) is 5.41 Å². The molecule has 0 heterocycles. The molecular weight excluding hydrogens is 570 g/mol. The average molecular weight is 633 g/mol. The maximum absolute atomic E-state index is 10.3. The lowest BCUT2D eigenvalue weighted by molar-refractivity contribution is -0.410. The van der Waals surface area contributed by atoms with Gasteiger partial charge in [-0.05, 0) is 12.8 Å². The molecule has 0 saturated heterocycles. The standard InChI is InChI=1S/C29H62O10P2/c1-3-5-7-9-11-13-15-17-19-21-23-35-28(29(25-30,26-37-40(31)32)27-38-41(33)34)39-36-24-22-20-18-16-14-12-10-8-6-4-2/h28,30-34H,3-27H2,1-2H3. The molecule has 0 radical (unpaired) electrons. The first kappa shape index (κ1) is 41.5. The SMILES string of the molecule is CCCCCCCCCCCCOOC(OCCCCCCCCCCCC)C(CO)(COP(O)O)COP(O)O. The summed E-state index contributed by atoms with van der Waals surface area (Å²) in [7, 11) is -5.44. The molecule has 0 saturated carbocycles. The fourth-order valence-electron chi connectivity index (χ4n) is 4.56. The highest BCUT2D eigenvalue weighted by molar-refractivity contribution is 7.39. The summed E-state index contributed by atoms with van der Waals surface area (Å²) in [6.45, 7) is 3.70. The lowest BCUT2D eigenvalue weighted by Gasteiger charge is -2.37. The molecule has 5 N–H and O–H groups in total. The van der Waals surface area contributed by atoms with E-state index in [-0.39, 0.29) is 0 Å². The van der Waals surface area contributed by atoms with Gasteiger partial charge in [0.2, 0.25) is 6.29 Å². The molecule has 41 heavy (non-hydrogen) atoms. The summed E-state index contributed by atoms with van der Waals surface area (Å²) in [5, 5.41) is 10.3. The number of aliphatic hydroxyl groups excluding tert-OH is 1. The molecule has 12 heteroatoms. The van der Waals surface area contributed by atoms with Crippen LogP contribution in [0.1, 0.15) is 142 Å². The van der Waals surface area contributed by atoms with Gasteiger partial charge in [-0.25, -0.2) is 9.78 Å². The predicted molar refractivity (Wildman–Crippen MR) is 165 cm³/mol. The van der Waals surface area contributed by atoms with Crippen molar-refractivity contribution in [1.29, 1.82) is 0 Å². The fraction of sp³-hybridized carbons (Fsp3) is 1.00. The van der Waals surface area contributed by atoms with E-state index in [1.807, 2.05) is 0 Å². The summed E-state index contributed by atoms with van der Waals surface area (Å²) in [6.07, 6.45) is 22.5. The largest absolute Gasteiger partial charge is 0.395 e. The molecule has 0 fully saturated rings. The van der Waals surface area contributed by atoms with Gasteiger partial charge >= 0.3 is 17.2 Å². The Labute approximate surface area is 252 Å². The number of ether oxygens (including phenoxy) is 1. The lowest BCUT2D eigenvalue weighted by atomic mass is 9.90. The van der Waals surface area contributed by atoms with Crippen LogP contribution in [0.4, 0.5) is 0 Å². The van der Waals surface area contributed by atoms with Gasteiger partial charge in [-0.15, -0.1) is 0 Å². The first-order valence-electron chi connectivity index (χ1n) is 16.0. The zero-order valence-corrected chi connectivity index (χ0v) is 27.7. The highest BCUT2D eigenvalue weighted by atomic mass is 31.2. The molecule has 10 nitrogen and oxygen atoms in total. The second kappa shape index (κ2) is 30.5. The van der Waals surface area contributed by atoms with E-state index in [9.17, 15) is 24.7 Å². The molecule has 0 aromatic carbocycles. The minimum Gasteiger partial charge on any atom is -0.395 e. The van der Waals surface area contributed by atoms with Crippen molar-refractivity contribution >= 4 is 17.2 Å². The third kappa shape index (κ3) is 25.5. The highest BCUT2D eigenvalue weighted by Crippen LogP contribution is 2.37. The van der Waals surface area contributed by atoms with Crippen LogP contribution in [0.2, 0.25) is 0 Å². The van der Waals surface area contributed by atoms with Crippen molar-refractivity contribution in [2.75, 3.05) is 33.0 Å². The first-order chi connectivity index (χ1) is 19.9. The number of hydrogen-bond donors (Lipinski definition) is 5. The topological polar surface area (TPSA) is 147 Å². The molecule has 0 amide bonds. The molecule has 0 aliphatic carbocycles. The van der Waals surface area contributed by atoms with Crippen molar-refractivity contribution in [3.8, 4) is 0 Å². The quantitative estimate of drug-likeness (QED) is 0.0161. The Morgan fingerprint density at radius 3 is 1.27 bits per heavy atom. The Kier molecular flexibility index (Phi) is 30.8. The summed E-state index contributed by atoms with van der Waals surface area (Å²) in [5.41, 5.74) is -1.46. The lowest BCUT2D eigenvalue weighted by Crippen LogP contribution is -2.49. The number of rotatable bonds is 33. The molecule has 0 aromatic heterocycles. The van der Waals surface area contributed by atoms with Crippen LogP contribution in [0, 0.1) is 5.41 Å². The monoisotopic (exact) mass is 632 g/mol. The minimum atomic E-state index is -2.72. The third-order valence-corrected chi connectivity index (χ3v) is 7.97. The zero-order chi connectivity index (χ0) is 30.4. The van der Waals surface area contributed by atoms with Crippen LogP contribution in [-0.2, 0) is 23.6 Å². The summed E-state index contributed by atoms with van der Waals surface area (Å²) >= 11 is 0. The highest BCUT2D eigenvalue weighted by Gasteiger charge is 2.44. The minimum absolute atomic E-state index is 0.324. The third-order valence-electron chi connectivity index (χ3n) is 7.25. The van der Waals surface area contributed by atoms with Crippen molar-refractivity contribution in [1.82, 2.24) is 0 Å². The van der Waals surface area contributed by atoms with Crippen LogP contribution >= 0.6 is 17.2 Å².